The summed E-state index contributed by atoms with van der Waals surface area (Å²) >= 11 is 5.63. The van der Waals surface area contributed by atoms with Crippen LogP contribution in [-0.4, -0.2) is 22.5 Å². The summed E-state index contributed by atoms with van der Waals surface area (Å²) in [4.78, 5) is 23.5. The van der Waals surface area contributed by atoms with Gasteiger partial charge in [0.2, 0.25) is 0 Å². The summed E-state index contributed by atoms with van der Waals surface area (Å²) in [5, 5.41) is 12.0. The van der Waals surface area contributed by atoms with Gasteiger partial charge in [0.15, 0.2) is 0 Å². The summed E-state index contributed by atoms with van der Waals surface area (Å²) in [5.74, 6) is -2.55. The average molecular weight is 300 g/mol. The third-order valence-electron chi connectivity index (χ3n) is 3.65. The van der Waals surface area contributed by atoms with Gasteiger partial charge in [0, 0.05) is 5.02 Å². The number of rotatable bonds is 3. The van der Waals surface area contributed by atoms with Gasteiger partial charge in [-0.1, -0.05) is 30.9 Å². The molecule has 0 heterocycles. The molecular weight excluding hydrogens is 285 g/mol. The maximum atomic E-state index is 13.7. The lowest BCUT2D eigenvalue weighted by Gasteiger charge is -2.34. The Kier molecular flexibility index (Phi) is 4.28. The molecule has 20 heavy (non-hydrogen) atoms. The van der Waals surface area contributed by atoms with E-state index in [2.05, 4.69) is 5.32 Å². The molecule has 0 radical (unpaired) electrons. The lowest BCUT2D eigenvalue weighted by Crippen LogP contribution is -2.55. The minimum Gasteiger partial charge on any atom is -0.480 e. The van der Waals surface area contributed by atoms with Crippen LogP contribution in [0.1, 0.15) is 42.5 Å². The molecule has 0 aromatic heterocycles. The first-order chi connectivity index (χ1) is 9.44. The first-order valence-corrected chi connectivity index (χ1v) is 6.83. The van der Waals surface area contributed by atoms with Crippen LogP contribution in [0.5, 0.6) is 0 Å². The molecule has 108 valence electrons. The second-order valence-corrected chi connectivity index (χ2v) is 5.46. The number of halogens is 2. The molecular formula is C14H15ClFNO3. The zero-order valence-electron chi connectivity index (χ0n) is 10.8. The number of benzene rings is 1. The normalized spacial score (nSPS) is 17.5. The van der Waals surface area contributed by atoms with Crippen LogP contribution in [0.25, 0.3) is 0 Å². The van der Waals surface area contributed by atoms with Crippen molar-refractivity contribution in [1.82, 2.24) is 5.32 Å². The monoisotopic (exact) mass is 299 g/mol. The molecule has 0 unspecified atom stereocenters. The largest absolute Gasteiger partial charge is 0.480 e. The molecule has 1 amide bonds. The highest BCUT2D eigenvalue weighted by Crippen LogP contribution is 2.29. The predicted octanol–water partition coefficient (Wildman–Crippen LogP) is 3.00. The van der Waals surface area contributed by atoms with Gasteiger partial charge >= 0.3 is 5.97 Å². The zero-order chi connectivity index (χ0) is 14.8. The van der Waals surface area contributed by atoms with Crippen molar-refractivity contribution in [3.05, 3.63) is 34.6 Å². The number of carbonyl (C=O) groups excluding carboxylic acids is 1. The summed E-state index contributed by atoms with van der Waals surface area (Å²) in [6.07, 6.45) is 3.14. The topological polar surface area (TPSA) is 66.4 Å². The van der Waals surface area contributed by atoms with E-state index in [4.69, 9.17) is 11.6 Å². The Hall–Kier alpha value is -1.62. The van der Waals surface area contributed by atoms with E-state index in [1.54, 1.807) is 0 Å². The number of carboxylic acids is 1. The van der Waals surface area contributed by atoms with Gasteiger partial charge in [-0.25, -0.2) is 9.18 Å². The number of amides is 1. The molecule has 2 rings (SSSR count). The Labute approximate surface area is 120 Å². The Morgan fingerprint density at radius 2 is 1.90 bits per heavy atom. The van der Waals surface area contributed by atoms with E-state index in [9.17, 15) is 19.1 Å². The molecule has 4 nitrogen and oxygen atoms in total. The molecule has 1 aliphatic carbocycles. The van der Waals surface area contributed by atoms with Crippen LogP contribution in [0.3, 0.4) is 0 Å². The zero-order valence-corrected chi connectivity index (χ0v) is 11.5. The first-order valence-electron chi connectivity index (χ1n) is 6.45. The van der Waals surface area contributed by atoms with Gasteiger partial charge < -0.3 is 10.4 Å². The highest BCUT2D eigenvalue weighted by Gasteiger charge is 2.41. The van der Waals surface area contributed by atoms with E-state index in [1.165, 1.54) is 12.1 Å². The van der Waals surface area contributed by atoms with Gasteiger partial charge in [-0.05, 0) is 31.0 Å². The molecule has 6 heteroatoms. The smallest absolute Gasteiger partial charge is 0.329 e. The Balaban J connectivity index is 2.22. The van der Waals surface area contributed by atoms with Crippen molar-refractivity contribution in [3.8, 4) is 0 Å². The van der Waals surface area contributed by atoms with Crippen LogP contribution in [0, 0.1) is 5.82 Å². The molecule has 1 aromatic carbocycles. The molecule has 1 aromatic rings. The second-order valence-electron chi connectivity index (χ2n) is 5.03. The molecule has 0 atom stereocenters. The summed E-state index contributed by atoms with van der Waals surface area (Å²) in [5.41, 5.74) is -1.48. The molecule has 0 spiro atoms. The second kappa shape index (κ2) is 5.79. The molecule has 0 saturated heterocycles. The standard InChI is InChI=1S/C14H15ClFNO3/c15-9-4-5-10(11(16)8-9)12(18)17-14(13(19)20)6-2-1-3-7-14/h4-5,8H,1-3,6-7H2,(H,17,18)(H,19,20). The van der Waals surface area contributed by atoms with Crippen molar-refractivity contribution in [2.24, 2.45) is 0 Å². The highest BCUT2D eigenvalue weighted by molar-refractivity contribution is 6.30. The van der Waals surface area contributed by atoms with Gasteiger partial charge in [-0.2, -0.15) is 0 Å². The van der Waals surface area contributed by atoms with E-state index >= 15 is 0 Å². The predicted molar refractivity (Wildman–Crippen MR) is 72.3 cm³/mol. The number of carbonyl (C=O) groups is 2. The average Bonchev–Trinajstić information content (AvgIpc) is 2.39. The quantitative estimate of drug-likeness (QED) is 0.901. The van der Waals surface area contributed by atoms with Crippen LogP contribution in [0.2, 0.25) is 5.02 Å². The maximum absolute atomic E-state index is 13.7. The Morgan fingerprint density at radius 3 is 2.45 bits per heavy atom. The maximum Gasteiger partial charge on any atom is 0.329 e. The summed E-state index contributed by atoms with van der Waals surface area (Å²) in [7, 11) is 0. The van der Waals surface area contributed by atoms with Gasteiger partial charge in [0.1, 0.15) is 11.4 Å². The number of nitrogens with one attached hydrogen (secondary N) is 1. The molecule has 0 bridgehead atoms. The van der Waals surface area contributed by atoms with Crippen molar-refractivity contribution in [2.75, 3.05) is 0 Å². The number of aliphatic carboxylic acids is 1. The first kappa shape index (κ1) is 14.8. The van der Waals surface area contributed by atoms with E-state index in [1.807, 2.05) is 0 Å². The minimum atomic E-state index is -1.29. The molecule has 2 N–H and O–H groups in total. The van der Waals surface area contributed by atoms with Crippen LogP contribution in [0.4, 0.5) is 4.39 Å². The number of carboxylic acid groups (broad SMARTS) is 1. The Bertz CT molecular complexity index is 541. The fourth-order valence-electron chi connectivity index (χ4n) is 2.51. The van der Waals surface area contributed by atoms with Gasteiger partial charge in [0.05, 0.1) is 5.56 Å². The lowest BCUT2D eigenvalue weighted by atomic mass is 9.81. The third kappa shape index (κ3) is 2.93. The van der Waals surface area contributed by atoms with Crippen LogP contribution < -0.4 is 5.32 Å². The highest BCUT2D eigenvalue weighted by atomic mass is 35.5. The summed E-state index contributed by atoms with van der Waals surface area (Å²) in [6, 6.07) is 3.68. The fraction of sp³-hybridized carbons (Fsp3) is 0.429. The van der Waals surface area contributed by atoms with E-state index in [0.29, 0.717) is 12.8 Å². The molecule has 1 fully saturated rings. The lowest BCUT2D eigenvalue weighted by molar-refractivity contribution is -0.145. The minimum absolute atomic E-state index is 0.185. The van der Waals surface area contributed by atoms with Crippen molar-refractivity contribution in [2.45, 2.75) is 37.6 Å². The van der Waals surface area contributed by atoms with E-state index < -0.39 is 23.2 Å². The summed E-state index contributed by atoms with van der Waals surface area (Å²) in [6.45, 7) is 0. The summed E-state index contributed by atoms with van der Waals surface area (Å²) < 4.78 is 13.7. The Morgan fingerprint density at radius 1 is 1.25 bits per heavy atom. The van der Waals surface area contributed by atoms with Gasteiger partial charge in [-0.15, -0.1) is 0 Å². The molecule has 1 aliphatic rings. The van der Waals surface area contributed by atoms with Crippen molar-refractivity contribution in [1.29, 1.82) is 0 Å². The fourth-order valence-corrected chi connectivity index (χ4v) is 2.66. The van der Waals surface area contributed by atoms with Crippen LogP contribution in [-0.2, 0) is 4.79 Å². The number of hydrogen-bond acceptors (Lipinski definition) is 2. The van der Waals surface area contributed by atoms with Gasteiger partial charge in [0.25, 0.3) is 5.91 Å². The molecule has 1 saturated carbocycles. The van der Waals surface area contributed by atoms with Crippen LogP contribution in [0.15, 0.2) is 18.2 Å². The van der Waals surface area contributed by atoms with E-state index in [-0.39, 0.29) is 10.6 Å². The third-order valence-corrected chi connectivity index (χ3v) is 3.88. The molecule has 0 aliphatic heterocycles. The van der Waals surface area contributed by atoms with Crippen molar-refractivity contribution >= 4 is 23.5 Å². The van der Waals surface area contributed by atoms with Crippen LogP contribution >= 0.6 is 11.6 Å². The number of hydrogen-bond donors (Lipinski definition) is 2. The van der Waals surface area contributed by atoms with Gasteiger partial charge in [-0.3, -0.25) is 4.79 Å². The van der Waals surface area contributed by atoms with E-state index in [0.717, 1.165) is 25.3 Å². The SMILES string of the molecule is O=C(NC1(C(=O)O)CCCCC1)c1ccc(Cl)cc1F. The van der Waals surface area contributed by atoms with Crippen molar-refractivity contribution in [3.63, 3.8) is 0 Å². The van der Waals surface area contributed by atoms with Crippen molar-refractivity contribution < 1.29 is 19.1 Å².